The molecule has 2 aliphatic heterocycles. The molecule has 0 bridgehead atoms. The third-order valence-electron chi connectivity index (χ3n) is 6.36. The van der Waals surface area contributed by atoms with Crippen LogP contribution in [0.4, 0.5) is 0 Å². The molecule has 1 N–H and O–H groups in total. The first-order valence-electron chi connectivity index (χ1n) is 10.8. The Balaban J connectivity index is 1.49. The number of methoxy groups -OCH3 is 3. The number of nitrogens with zero attached hydrogens (tertiary/aromatic N) is 3. The van der Waals surface area contributed by atoms with Gasteiger partial charge >= 0.3 is 0 Å². The van der Waals surface area contributed by atoms with Gasteiger partial charge in [-0.05, 0) is 38.4 Å². The lowest BCUT2D eigenvalue weighted by molar-refractivity contribution is 0.0710. The lowest BCUT2D eigenvalue weighted by atomic mass is 9.94. The van der Waals surface area contributed by atoms with Crippen molar-refractivity contribution in [2.24, 2.45) is 0 Å². The molecule has 0 spiro atoms. The first-order chi connectivity index (χ1) is 15.4. The van der Waals surface area contributed by atoms with Crippen LogP contribution in [0.2, 0.25) is 0 Å². The molecule has 1 aromatic carbocycles. The van der Waals surface area contributed by atoms with Gasteiger partial charge in [0.15, 0.2) is 11.5 Å². The predicted octanol–water partition coefficient (Wildman–Crippen LogP) is 1.80. The maximum absolute atomic E-state index is 13.2. The molecule has 3 heterocycles. The summed E-state index contributed by atoms with van der Waals surface area (Å²) in [5.41, 5.74) is 2.16. The minimum Gasteiger partial charge on any atom is -0.493 e. The molecule has 2 aromatic rings. The molecule has 9 nitrogen and oxygen atoms in total. The Morgan fingerprint density at radius 3 is 2.31 bits per heavy atom. The van der Waals surface area contributed by atoms with Gasteiger partial charge in [0.25, 0.3) is 11.5 Å². The number of carbonyl (C=O) groups is 1. The van der Waals surface area contributed by atoms with Crippen LogP contribution in [0, 0.1) is 0 Å². The van der Waals surface area contributed by atoms with Crippen LogP contribution in [0.15, 0.2) is 16.9 Å². The summed E-state index contributed by atoms with van der Waals surface area (Å²) in [7, 11) is 6.63. The Kier molecular flexibility index (Phi) is 6.36. The van der Waals surface area contributed by atoms with E-state index in [1.54, 1.807) is 12.1 Å². The molecular formula is C23H30N4O5. The smallest absolute Gasteiger partial charge is 0.254 e. The van der Waals surface area contributed by atoms with Gasteiger partial charge in [0.2, 0.25) is 5.75 Å². The van der Waals surface area contributed by atoms with Gasteiger partial charge in [-0.2, -0.15) is 0 Å². The second-order valence-corrected chi connectivity index (χ2v) is 8.34. The number of fused-ring (bicyclic) bond motifs is 1. The number of carbonyl (C=O) groups excluding carboxylic acids is 1. The molecule has 32 heavy (non-hydrogen) atoms. The molecule has 1 saturated heterocycles. The number of hydrogen-bond donors (Lipinski definition) is 1. The first kappa shape index (κ1) is 22.1. The molecule has 172 valence electrons. The molecule has 0 radical (unpaired) electrons. The number of likely N-dealkylation sites (tertiary alicyclic amines) is 1. The Bertz CT molecular complexity index is 1030. The average Bonchev–Trinajstić information content (AvgIpc) is 2.82. The van der Waals surface area contributed by atoms with Gasteiger partial charge in [-0.25, -0.2) is 4.98 Å². The van der Waals surface area contributed by atoms with Crippen LogP contribution in [0.25, 0.3) is 0 Å². The molecule has 1 fully saturated rings. The van der Waals surface area contributed by atoms with Crippen LogP contribution in [0.1, 0.15) is 46.2 Å². The molecule has 2 aliphatic rings. The van der Waals surface area contributed by atoms with Crippen molar-refractivity contribution in [3.8, 4) is 17.2 Å². The van der Waals surface area contributed by atoms with Gasteiger partial charge in [-0.3, -0.25) is 9.59 Å². The van der Waals surface area contributed by atoms with Gasteiger partial charge in [0.1, 0.15) is 5.82 Å². The van der Waals surface area contributed by atoms with Gasteiger partial charge in [0.05, 0.1) is 27.0 Å². The zero-order chi connectivity index (χ0) is 22.8. The topological polar surface area (TPSA) is 97.0 Å². The highest BCUT2D eigenvalue weighted by Gasteiger charge is 2.29. The van der Waals surface area contributed by atoms with Crippen LogP contribution in [-0.4, -0.2) is 73.7 Å². The van der Waals surface area contributed by atoms with Crippen molar-refractivity contribution in [3.63, 3.8) is 0 Å². The normalized spacial score (nSPS) is 17.1. The van der Waals surface area contributed by atoms with Crippen LogP contribution in [-0.2, 0) is 13.0 Å². The van der Waals surface area contributed by atoms with E-state index < -0.39 is 0 Å². The van der Waals surface area contributed by atoms with Crippen molar-refractivity contribution in [3.05, 3.63) is 45.1 Å². The van der Waals surface area contributed by atoms with Gasteiger partial charge in [0, 0.05) is 43.2 Å². The highest BCUT2D eigenvalue weighted by molar-refractivity contribution is 5.95. The molecule has 4 rings (SSSR count). The fraction of sp³-hybridized carbons (Fsp3) is 0.522. The minimum atomic E-state index is -0.0868. The minimum absolute atomic E-state index is 0.0194. The number of hydrogen-bond acceptors (Lipinski definition) is 7. The van der Waals surface area contributed by atoms with Crippen molar-refractivity contribution >= 4 is 5.91 Å². The van der Waals surface area contributed by atoms with Crippen molar-refractivity contribution < 1.29 is 19.0 Å². The van der Waals surface area contributed by atoms with Crippen molar-refractivity contribution in [1.82, 2.24) is 19.8 Å². The van der Waals surface area contributed by atoms with Crippen molar-refractivity contribution in [2.75, 3.05) is 48.0 Å². The fourth-order valence-electron chi connectivity index (χ4n) is 4.53. The van der Waals surface area contributed by atoms with Gasteiger partial charge in [-0.1, -0.05) is 0 Å². The standard InChI is InChI=1S/C23H30N4O5/c1-26-8-7-16-17(13-26)24-21(25-22(16)28)14-5-9-27(10-6-14)23(29)15-11-18(30-2)20(32-4)19(12-15)31-3/h11-12,14H,5-10,13H2,1-4H3,(H,24,25,28). The number of ether oxygens (including phenoxy) is 3. The van der Waals surface area contributed by atoms with Crippen LogP contribution in [0.5, 0.6) is 17.2 Å². The largest absolute Gasteiger partial charge is 0.493 e. The van der Waals surface area contributed by atoms with Crippen LogP contribution in [0.3, 0.4) is 0 Å². The summed E-state index contributed by atoms with van der Waals surface area (Å²) in [6.07, 6.45) is 2.22. The number of amides is 1. The first-order valence-corrected chi connectivity index (χ1v) is 10.8. The fourth-order valence-corrected chi connectivity index (χ4v) is 4.53. The Morgan fingerprint density at radius 2 is 1.72 bits per heavy atom. The molecule has 0 atom stereocenters. The Hall–Kier alpha value is -3.07. The molecule has 0 unspecified atom stereocenters. The maximum atomic E-state index is 13.2. The highest BCUT2D eigenvalue weighted by Crippen LogP contribution is 2.39. The number of nitrogens with one attached hydrogen (secondary N) is 1. The molecular weight excluding hydrogens is 412 g/mol. The maximum Gasteiger partial charge on any atom is 0.254 e. The van der Waals surface area contributed by atoms with Crippen LogP contribution < -0.4 is 19.8 Å². The monoisotopic (exact) mass is 442 g/mol. The van der Waals surface area contributed by atoms with Crippen molar-refractivity contribution in [2.45, 2.75) is 31.7 Å². The number of likely N-dealkylation sites (N-methyl/N-ethyl adjacent to an activating group) is 1. The van der Waals surface area contributed by atoms with Gasteiger partial charge < -0.3 is 29.0 Å². The van der Waals surface area contributed by atoms with Crippen molar-refractivity contribution in [1.29, 1.82) is 0 Å². The predicted molar refractivity (Wildman–Crippen MR) is 119 cm³/mol. The summed E-state index contributed by atoms with van der Waals surface area (Å²) < 4.78 is 16.1. The summed E-state index contributed by atoms with van der Waals surface area (Å²) in [5.74, 6) is 2.14. The highest BCUT2D eigenvalue weighted by atomic mass is 16.5. The molecule has 9 heteroatoms. The summed E-state index contributed by atoms with van der Waals surface area (Å²) in [6.45, 7) is 2.74. The Morgan fingerprint density at radius 1 is 1.06 bits per heavy atom. The SMILES string of the molecule is COc1cc(C(=O)N2CCC(c3nc4c(c(=O)[nH]3)CCN(C)C4)CC2)cc(OC)c1OC. The second-order valence-electron chi connectivity index (χ2n) is 8.34. The quantitative estimate of drug-likeness (QED) is 0.754. The van der Waals surface area contributed by atoms with Crippen LogP contribution >= 0.6 is 0 Å². The lowest BCUT2D eigenvalue weighted by Gasteiger charge is -2.32. The molecule has 1 aromatic heterocycles. The molecule has 0 aliphatic carbocycles. The van der Waals surface area contributed by atoms with E-state index >= 15 is 0 Å². The van der Waals surface area contributed by atoms with E-state index in [1.165, 1.54) is 21.3 Å². The second kappa shape index (κ2) is 9.20. The zero-order valence-electron chi connectivity index (χ0n) is 19.1. The summed E-state index contributed by atoms with van der Waals surface area (Å²) in [4.78, 5) is 37.5. The third kappa shape index (κ3) is 4.17. The summed E-state index contributed by atoms with van der Waals surface area (Å²) in [5, 5.41) is 0. The number of aromatic nitrogens is 2. The lowest BCUT2D eigenvalue weighted by Crippen LogP contribution is -2.39. The van der Waals surface area contributed by atoms with Gasteiger partial charge in [-0.15, -0.1) is 0 Å². The van der Waals surface area contributed by atoms with E-state index in [-0.39, 0.29) is 17.4 Å². The van der Waals surface area contributed by atoms with E-state index in [1.807, 2.05) is 11.9 Å². The van der Waals surface area contributed by atoms with E-state index in [0.29, 0.717) is 42.4 Å². The number of benzene rings is 1. The third-order valence-corrected chi connectivity index (χ3v) is 6.36. The van der Waals surface area contributed by atoms with E-state index in [9.17, 15) is 9.59 Å². The van der Waals surface area contributed by atoms with E-state index in [2.05, 4.69) is 9.88 Å². The summed E-state index contributed by atoms with van der Waals surface area (Å²) >= 11 is 0. The number of H-pyrrole nitrogens is 1. The zero-order valence-corrected chi connectivity index (χ0v) is 19.1. The number of rotatable bonds is 5. The number of piperidine rings is 1. The average molecular weight is 443 g/mol. The Labute approximate surface area is 187 Å². The summed E-state index contributed by atoms with van der Waals surface area (Å²) in [6, 6.07) is 3.35. The molecule has 0 saturated carbocycles. The number of aromatic amines is 1. The van der Waals surface area contributed by atoms with E-state index in [0.717, 1.165) is 42.9 Å². The molecule has 1 amide bonds. The van der Waals surface area contributed by atoms with E-state index in [4.69, 9.17) is 19.2 Å².